The molecule has 0 unspecified atom stereocenters. The Morgan fingerprint density at radius 2 is 1.90 bits per heavy atom. The Labute approximate surface area is 176 Å². The molecule has 2 aliphatic rings. The van der Waals surface area contributed by atoms with Crippen molar-refractivity contribution in [2.45, 2.75) is 51.8 Å². The van der Waals surface area contributed by atoms with E-state index in [-0.39, 0.29) is 17.9 Å². The number of carboxylic acids is 1. The average Bonchev–Trinajstić information content (AvgIpc) is 3.05. The van der Waals surface area contributed by atoms with E-state index in [2.05, 4.69) is 0 Å². The number of piperidine rings is 1. The number of carbonyl (C=O) groups is 3. The zero-order valence-corrected chi connectivity index (χ0v) is 18.0. The van der Waals surface area contributed by atoms with E-state index in [1.54, 1.807) is 29.2 Å². The molecule has 1 spiro atoms. The van der Waals surface area contributed by atoms with Gasteiger partial charge in [-0.3, -0.25) is 14.5 Å². The first kappa shape index (κ1) is 22.1. The molecule has 0 saturated carbocycles. The van der Waals surface area contributed by atoms with Crippen LogP contribution in [0.3, 0.4) is 0 Å². The number of methoxy groups -OCH3 is 1. The van der Waals surface area contributed by atoms with Crippen LogP contribution in [0.2, 0.25) is 0 Å². The van der Waals surface area contributed by atoms with Crippen molar-refractivity contribution in [1.82, 2.24) is 9.80 Å². The van der Waals surface area contributed by atoms with Crippen molar-refractivity contribution in [3.63, 3.8) is 0 Å². The summed E-state index contributed by atoms with van der Waals surface area (Å²) in [5, 5.41) is 11.8. The minimum absolute atomic E-state index is 0.0532. The fraction of sp³-hybridized carbons (Fsp3) is 0.591. The van der Waals surface area contributed by atoms with Gasteiger partial charge in [0.2, 0.25) is 5.91 Å². The zero-order chi connectivity index (χ0) is 22.1. The lowest BCUT2D eigenvalue weighted by molar-refractivity contribution is -0.310. The number of hydrogen-bond acceptors (Lipinski definition) is 6. The maximum Gasteiger partial charge on any atom is 0.256 e. The van der Waals surface area contributed by atoms with E-state index in [1.807, 2.05) is 20.8 Å². The van der Waals surface area contributed by atoms with Gasteiger partial charge in [0, 0.05) is 37.9 Å². The van der Waals surface area contributed by atoms with Crippen LogP contribution in [0.5, 0.6) is 5.75 Å². The lowest BCUT2D eigenvalue weighted by Gasteiger charge is -2.45. The average molecular weight is 417 g/mol. The van der Waals surface area contributed by atoms with E-state index in [0.29, 0.717) is 43.7 Å². The van der Waals surface area contributed by atoms with Crippen LogP contribution < -0.4 is 9.84 Å². The maximum atomic E-state index is 13.3. The van der Waals surface area contributed by atoms with Crippen molar-refractivity contribution in [3.8, 4) is 5.75 Å². The third-order valence-electron chi connectivity index (χ3n) is 5.65. The monoisotopic (exact) mass is 417 g/mol. The van der Waals surface area contributed by atoms with Crippen LogP contribution in [0.1, 0.15) is 50.4 Å². The lowest BCUT2D eigenvalue weighted by Crippen LogP contribution is -2.60. The molecule has 0 N–H and O–H groups in total. The summed E-state index contributed by atoms with van der Waals surface area (Å²) < 4.78 is 11.1. The minimum Gasteiger partial charge on any atom is -0.548 e. The van der Waals surface area contributed by atoms with Gasteiger partial charge in [-0.05, 0) is 23.6 Å². The molecule has 0 aliphatic carbocycles. The number of nitrogens with zero attached hydrogens (tertiary/aromatic N) is 2. The number of likely N-dealkylation sites (tertiary alicyclic amines) is 1. The van der Waals surface area contributed by atoms with Crippen LogP contribution >= 0.6 is 0 Å². The van der Waals surface area contributed by atoms with Gasteiger partial charge in [-0.25, -0.2) is 0 Å². The molecule has 2 heterocycles. The van der Waals surface area contributed by atoms with Gasteiger partial charge in [-0.15, -0.1) is 0 Å². The van der Waals surface area contributed by atoms with Crippen molar-refractivity contribution >= 4 is 17.8 Å². The first-order chi connectivity index (χ1) is 14.1. The Balaban J connectivity index is 1.82. The first-order valence-corrected chi connectivity index (χ1v) is 10.2. The van der Waals surface area contributed by atoms with Crippen LogP contribution in [-0.2, 0) is 14.3 Å². The molecule has 2 fully saturated rings. The number of amides is 2. The van der Waals surface area contributed by atoms with Crippen molar-refractivity contribution in [1.29, 1.82) is 0 Å². The third kappa shape index (κ3) is 4.43. The summed E-state index contributed by atoms with van der Waals surface area (Å²) in [6, 6.07) is 5.40. The fourth-order valence-corrected chi connectivity index (χ4v) is 4.11. The molecule has 2 amide bonds. The van der Waals surface area contributed by atoms with Crippen molar-refractivity contribution in [2.24, 2.45) is 5.41 Å². The molecule has 2 aliphatic heterocycles. The van der Waals surface area contributed by atoms with Crippen molar-refractivity contribution in [2.75, 3.05) is 26.8 Å². The highest BCUT2D eigenvalue weighted by atomic mass is 16.5. The highest BCUT2D eigenvalue weighted by molar-refractivity contribution is 5.97. The SMILES string of the molecule is COc1cccc(C(=O)N2[C@H](C(=O)[O-])COC23CCN(C(=O)CC(C)(C)C)CC3)c1. The topological polar surface area (TPSA) is 99.2 Å². The van der Waals surface area contributed by atoms with E-state index in [9.17, 15) is 19.5 Å². The predicted octanol–water partition coefficient (Wildman–Crippen LogP) is 1.04. The second kappa shape index (κ2) is 8.26. The van der Waals surface area contributed by atoms with E-state index < -0.39 is 23.6 Å². The van der Waals surface area contributed by atoms with Crippen LogP contribution in [0.15, 0.2) is 24.3 Å². The Bertz CT molecular complexity index is 823. The summed E-state index contributed by atoms with van der Waals surface area (Å²) >= 11 is 0. The van der Waals surface area contributed by atoms with Gasteiger partial charge in [0.15, 0.2) is 0 Å². The molecule has 8 heteroatoms. The number of benzene rings is 1. The Hall–Kier alpha value is -2.61. The fourth-order valence-electron chi connectivity index (χ4n) is 4.11. The summed E-state index contributed by atoms with van der Waals surface area (Å²) in [7, 11) is 1.50. The number of carbonyl (C=O) groups excluding carboxylic acids is 3. The highest BCUT2D eigenvalue weighted by Gasteiger charge is 2.52. The number of ether oxygens (including phenoxy) is 2. The molecule has 1 atom stereocenters. The van der Waals surface area contributed by atoms with Crippen LogP contribution in [-0.4, -0.2) is 66.2 Å². The Morgan fingerprint density at radius 1 is 1.23 bits per heavy atom. The van der Waals surface area contributed by atoms with Gasteiger partial charge in [0.1, 0.15) is 11.5 Å². The van der Waals surface area contributed by atoms with E-state index >= 15 is 0 Å². The molecular weight excluding hydrogens is 388 g/mol. The number of aliphatic carboxylic acids is 1. The largest absolute Gasteiger partial charge is 0.548 e. The van der Waals surface area contributed by atoms with Crippen LogP contribution in [0.4, 0.5) is 0 Å². The molecule has 2 saturated heterocycles. The molecule has 1 aromatic carbocycles. The summed E-state index contributed by atoms with van der Waals surface area (Å²) in [6.07, 6.45) is 1.12. The van der Waals surface area contributed by atoms with E-state index in [1.165, 1.54) is 12.0 Å². The summed E-state index contributed by atoms with van der Waals surface area (Å²) in [5.74, 6) is -1.25. The number of rotatable bonds is 4. The second-order valence-electron chi connectivity index (χ2n) is 9.12. The minimum atomic E-state index is -1.35. The predicted molar refractivity (Wildman–Crippen MR) is 107 cm³/mol. The van der Waals surface area contributed by atoms with E-state index in [4.69, 9.17) is 9.47 Å². The number of carboxylic acid groups (broad SMARTS) is 1. The quantitative estimate of drug-likeness (QED) is 0.726. The normalized spacial score (nSPS) is 21.0. The smallest absolute Gasteiger partial charge is 0.256 e. The molecule has 0 aromatic heterocycles. The Kier molecular flexibility index (Phi) is 6.08. The molecule has 30 heavy (non-hydrogen) atoms. The standard InChI is InChI=1S/C22H30N2O6/c1-21(2,3)13-18(25)23-10-8-22(9-11-23)24(17(14-30-22)20(27)28)19(26)15-6-5-7-16(12-15)29-4/h5-7,12,17H,8-11,13-14H2,1-4H3,(H,27,28)/p-1/t17-/m0/s1. The van der Waals surface area contributed by atoms with Gasteiger partial charge in [-0.1, -0.05) is 26.8 Å². The number of hydrogen-bond donors (Lipinski definition) is 0. The van der Waals surface area contributed by atoms with Gasteiger partial charge in [-0.2, -0.15) is 0 Å². The van der Waals surface area contributed by atoms with Gasteiger partial charge < -0.3 is 24.3 Å². The molecule has 0 radical (unpaired) electrons. The van der Waals surface area contributed by atoms with Gasteiger partial charge in [0.05, 0.1) is 25.7 Å². The molecule has 3 rings (SSSR count). The highest BCUT2D eigenvalue weighted by Crippen LogP contribution is 2.39. The first-order valence-electron chi connectivity index (χ1n) is 10.2. The maximum absolute atomic E-state index is 13.3. The van der Waals surface area contributed by atoms with E-state index in [0.717, 1.165) is 0 Å². The van der Waals surface area contributed by atoms with Crippen LogP contribution in [0, 0.1) is 5.41 Å². The molecule has 8 nitrogen and oxygen atoms in total. The van der Waals surface area contributed by atoms with Gasteiger partial charge in [0.25, 0.3) is 5.91 Å². The molecule has 0 bridgehead atoms. The molecular formula is C22H29N2O6-. The Morgan fingerprint density at radius 3 is 2.47 bits per heavy atom. The lowest BCUT2D eigenvalue weighted by atomic mass is 9.90. The van der Waals surface area contributed by atoms with Gasteiger partial charge >= 0.3 is 0 Å². The summed E-state index contributed by atoms with van der Waals surface area (Å²) in [6.45, 7) is 6.70. The molecule has 164 valence electrons. The third-order valence-corrected chi connectivity index (χ3v) is 5.65. The molecule has 1 aromatic rings. The van der Waals surface area contributed by atoms with Crippen molar-refractivity contribution in [3.05, 3.63) is 29.8 Å². The van der Waals surface area contributed by atoms with Crippen LogP contribution in [0.25, 0.3) is 0 Å². The second-order valence-corrected chi connectivity index (χ2v) is 9.12. The summed E-state index contributed by atoms with van der Waals surface area (Å²) in [4.78, 5) is 40.7. The summed E-state index contributed by atoms with van der Waals surface area (Å²) in [5.41, 5.74) is -0.870. The zero-order valence-electron chi connectivity index (χ0n) is 18.0. The van der Waals surface area contributed by atoms with Crippen molar-refractivity contribution < 1.29 is 29.0 Å².